The Kier molecular flexibility index (Phi) is 10.9. The number of carbonyl (C=O) groups is 1. The first-order valence-corrected chi connectivity index (χ1v) is 13.9. The lowest BCUT2D eigenvalue weighted by molar-refractivity contribution is -0.104. The van der Waals surface area contributed by atoms with E-state index in [1.807, 2.05) is 6.08 Å². The summed E-state index contributed by atoms with van der Waals surface area (Å²) in [4.78, 5) is 10.4. The van der Waals surface area contributed by atoms with E-state index in [1.54, 1.807) is 6.08 Å². The van der Waals surface area contributed by atoms with Crippen molar-refractivity contribution in [3.05, 3.63) is 125 Å². The van der Waals surface area contributed by atoms with Crippen LogP contribution in [0.2, 0.25) is 5.04 Å². The van der Waals surface area contributed by atoms with Crippen LogP contribution in [0, 0.1) is 0 Å². The predicted molar refractivity (Wildman–Crippen MR) is 151 cm³/mol. The van der Waals surface area contributed by atoms with Crippen LogP contribution in [0.4, 0.5) is 0 Å². The van der Waals surface area contributed by atoms with Crippen LogP contribution in [0.5, 0.6) is 0 Å². The lowest BCUT2D eigenvalue weighted by atomic mass is 9.82. The van der Waals surface area contributed by atoms with Crippen LogP contribution in [0.15, 0.2) is 103 Å². The van der Waals surface area contributed by atoms with Crippen LogP contribution < -0.4 is 0 Å². The standard InChI is InChI=1S/C32H38O2Si/c1-32(2,31(29-21-7-3-8-22-29)30-23-9-4-10-24-30)35-34-26-16-6-12-18-28-20-14-13-19-27(28)17-11-5-15-25-33/h3-5,7-11,13-15,17,19-25,31H,6,12,16,18,26,35H2,1-2H3/b15-5+,17-11+. The summed E-state index contributed by atoms with van der Waals surface area (Å²) in [6, 6.07) is 30.2. The van der Waals surface area contributed by atoms with Gasteiger partial charge in [-0.05, 0) is 52.6 Å². The summed E-state index contributed by atoms with van der Waals surface area (Å²) in [5.41, 5.74) is 5.32. The number of aryl methyl sites for hydroxylation is 1. The lowest BCUT2D eigenvalue weighted by Crippen LogP contribution is -2.25. The van der Waals surface area contributed by atoms with E-state index in [4.69, 9.17) is 4.43 Å². The minimum Gasteiger partial charge on any atom is -0.423 e. The first-order chi connectivity index (χ1) is 17.1. The summed E-state index contributed by atoms with van der Waals surface area (Å²) in [5.74, 6) is 0.350. The average molecular weight is 483 g/mol. The van der Waals surface area contributed by atoms with Crippen LogP contribution in [0.3, 0.4) is 0 Å². The molecule has 0 aliphatic heterocycles. The van der Waals surface area contributed by atoms with Crippen molar-refractivity contribution in [2.24, 2.45) is 0 Å². The third kappa shape index (κ3) is 8.61. The van der Waals surface area contributed by atoms with Gasteiger partial charge in [-0.2, -0.15) is 0 Å². The second kappa shape index (κ2) is 14.4. The zero-order valence-electron chi connectivity index (χ0n) is 21.1. The van der Waals surface area contributed by atoms with Gasteiger partial charge in [-0.3, -0.25) is 4.79 Å². The highest BCUT2D eigenvalue weighted by Crippen LogP contribution is 2.45. The maximum Gasteiger partial charge on any atom is 0.168 e. The molecule has 0 heterocycles. The highest BCUT2D eigenvalue weighted by atomic mass is 28.2. The Morgan fingerprint density at radius 1 is 0.771 bits per heavy atom. The van der Waals surface area contributed by atoms with E-state index in [2.05, 4.69) is 105 Å². The summed E-state index contributed by atoms with van der Waals surface area (Å²) < 4.78 is 6.37. The molecule has 3 rings (SSSR count). The van der Waals surface area contributed by atoms with Gasteiger partial charge in [-0.15, -0.1) is 0 Å². The molecule has 0 spiro atoms. The molecular formula is C32H38O2Si. The topological polar surface area (TPSA) is 26.3 Å². The second-order valence-electron chi connectivity index (χ2n) is 9.69. The van der Waals surface area contributed by atoms with Gasteiger partial charge in [0, 0.05) is 12.5 Å². The Morgan fingerprint density at radius 2 is 1.40 bits per heavy atom. The smallest absolute Gasteiger partial charge is 0.168 e. The quantitative estimate of drug-likeness (QED) is 0.0792. The average Bonchev–Trinajstić information content (AvgIpc) is 2.88. The number of hydrogen-bond donors (Lipinski definition) is 0. The van der Waals surface area contributed by atoms with Crippen molar-refractivity contribution < 1.29 is 9.22 Å². The zero-order valence-corrected chi connectivity index (χ0v) is 22.5. The summed E-state index contributed by atoms with van der Waals surface area (Å²) in [6.45, 7) is 5.60. The molecule has 0 unspecified atom stereocenters. The Balaban J connectivity index is 1.47. The van der Waals surface area contributed by atoms with Gasteiger partial charge in [-0.25, -0.2) is 0 Å². The molecule has 0 amide bonds. The Labute approximate surface area is 213 Å². The number of hydrogen-bond acceptors (Lipinski definition) is 2. The summed E-state index contributed by atoms with van der Waals surface area (Å²) in [5, 5.41) is 0.117. The highest BCUT2D eigenvalue weighted by Gasteiger charge is 2.33. The van der Waals surface area contributed by atoms with Crippen LogP contribution >= 0.6 is 0 Å². The number of benzene rings is 3. The van der Waals surface area contributed by atoms with E-state index in [0.717, 1.165) is 32.2 Å². The molecule has 0 saturated heterocycles. The highest BCUT2D eigenvalue weighted by molar-refractivity contribution is 6.32. The predicted octanol–water partition coefficient (Wildman–Crippen LogP) is 7.30. The molecule has 0 aliphatic carbocycles. The number of aldehydes is 1. The molecule has 0 aromatic heterocycles. The molecule has 3 heteroatoms. The van der Waals surface area contributed by atoms with Gasteiger partial charge in [0.15, 0.2) is 9.76 Å². The second-order valence-corrected chi connectivity index (χ2v) is 12.2. The minimum atomic E-state index is -0.742. The van der Waals surface area contributed by atoms with E-state index >= 15 is 0 Å². The molecule has 35 heavy (non-hydrogen) atoms. The summed E-state index contributed by atoms with van der Waals surface area (Å²) >= 11 is 0. The van der Waals surface area contributed by atoms with Crippen molar-refractivity contribution in [3.8, 4) is 0 Å². The molecule has 0 radical (unpaired) electrons. The third-order valence-electron chi connectivity index (χ3n) is 6.39. The van der Waals surface area contributed by atoms with E-state index in [9.17, 15) is 4.79 Å². The van der Waals surface area contributed by atoms with Crippen molar-refractivity contribution in [1.29, 1.82) is 0 Å². The van der Waals surface area contributed by atoms with Crippen molar-refractivity contribution in [3.63, 3.8) is 0 Å². The van der Waals surface area contributed by atoms with Crippen LogP contribution in [-0.4, -0.2) is 22.7 Å². The Morgan fingerprint density at radius 3 is 2.06 bits per heavy atom. The third-order valence-corrected chi connectivity index (χ3v) is 8.03. The maximum absolute atomic E-state index is 10.4. The van der Waals surface area contributed by atoms with Gasteiger partial charge >= 0.3 is 0 Å². The molecule has 3 aromatic carbocycles. The fraction of sp³-hybridized carbons (Fsp3) is 0.281. The van der Waals surface area contributed by atoms with Crippen molar-refractivity contribution in [2.45, 2.75) is 50.5 Å². The summed E-state index contributed by atoms with van der Waals surface area (Å²) in [6.07, 6.45) is 12.5. The number of allylic oxidation sites excluding steroid dienone is 3. The fourth-order valence-electron chi connectivity index (χ4n) is 4.69. The van der Waals surface area contributed by atoms with E-state index < -0.39 is 9.76 Å². The van der Waals surface area contributed by atoms with Gasteiger partial charge in [0.05, 0.1) is 0 Å². The maximum atomic E-state index is 10.4. The molecule has 182 valence electrons. The van der Waals surface area contributed by atoms with Crippen LogP contribution in [0.25, 0.3) is 6.08 Å². The molecule has 3 aromatic rings. The first kappa shape index (κ1) is 26.6. The van der Waals surface area contributed by atoms with E-state index in [1.165, 1.54) is 34.8 Å². The molecule has 0 atom stereocenters. The number of rotatable bonds is 14. The minimum absolute atomic E-state index is 0.117. The monoisotopic (exact) mass is 482 g/mol. The number of unbranched alkanes of at least 4 members (excludes halogenated alkanes) is 2. The van der Waals surface area contributed by atoms with Gasteiger partial charge in [-0.1, -0.05) is 123 Å². The van der Waals surface area contributed by atoms with Crippen molar-refractivity contribution >= 4 is 22.1 Å². The van der Waals surface area contributed by atoms with Gasteiger partial charge in [0.25, 0.3) is 0 Å². The van der Waals surface area contributed by atoms with Gasteiger partial charge in [0.2, 0.25) is 0 Å². The van der Waals surface area contributed by atoms with Crippen LogP contribution in [0.1, 0.15) is 61.3 Å². The lowest BCUT2D eigenvalue weighted by Gasteiger charge is -2.34. The molecule has 0 saturated carbocycles. The molecule has 0 aliphatic rings. The first-order valence-electron chi connectivity index (χ1n) is 12.7. The van der Waals surface area contributed by atoms with Gasteiger partial charge in [0.1, 0.15) is 6.29 Å². The van der Waals surface area contributed by atoms with E-state index in [-0.39, 0.29) is 5.04 Å². The Hall–Kier alpha value is -3.01. The normalized spacial score (nSPS) is 12.4. The van der Waals surface area contributed by atoms with Crippen molar-refractivity contribution in [1.82, 2.24) is 0 Å². The van der Waals surface area contributed by atoms with Gasteiger partial charge < -0.3 is 4.43 Å². The SMILES string of the molecule is CC(C)([SiH2]OCCCCCc1ccccc1/C=C/C=C/C=O)C(c1ccccc1)c1ccccc1. The molecule has 0 fully saturated rings. The van der Waals surface area contributed by atoms with E-state index in [0.29, 0.717) is 5.92 Å². The fourth-order valence-corrected chi connectivity index (χ4v) is 6.21. The zero-order chi connectivity index (χ0) is 24.8. The largest absolute Gasteiger partial charge is 0.423 e. The molecule has 2 nitrogen and oxygen atoms in total. The Bertz CT molecular complexity index is 1030. The van der Waals surface area contributed by atoms with Crippen LogP contribution in [-0.2, 0) is 15.6 Å². The van der Waals surface area contributed by atoms with Crippen molar-refractivity contribution in [2.75, 3.05) is 6.61 Å². The molecular weight excluding hydrogens is 444 g/mol. The summed E-state index contributed by atoms with van der Waals surface area (Å²) in [7, 11) is -0.742. The number of carbonyl (C=O) groups excluding carboxylic acids is 1. The molecule has 0 N–H and O–H groups in total. The molecule has 0 bridgehead atoms.